The Morgan fingerprint density at radius 1 is 1.55 bits per heavy atom. The SMILES string of the molecule is CN(CCN1CCCS1(=O)=O)c1nc2sccn2c1[N+](=O)[O-]. The van der Waals surface area contributed by atoms with Crippen LogP contribution in [0.15, 0.2) is 11.6 Å². The lowest BCUT2D eigenvalue weighted by Crippen LogP contribution is -2.34. The lowest BCUT2D eigenvalue weighted by molar-refractivity contribution is -0.389. The van der Waals surface area contributed by atoms with Crippen LogP contribution < -0.4 is 4.90 Å². The van der Waals surface area contributed by atoms with Crippen molar-refractivity contribution in [2.24, 2.45) is 0 Å². The van der Waals surface area contributed by atoms with Gasteiger partial charge in [0.1, 0.15) is 6.20 Å². The predicted octanol–water partition coefficient (Wildman–Crippen LogP) is 0.776. The Bertz CT molecular complexity index is 812. The van der Waals surface area contributed by atoms with Crippen LogP contribution in [0.3, 0.4) is 0 Å². The molecule has 2 aromatic heterocycles. The summed E-state index contributed by atoms with van der Waals surface area (Å²) in [5, 5.41) is 13.0. The zero-order chi connectivity index (χ0) is 15.9. The molecule has 0 unspecified atom stereocenters. The number of nitro groups is 1. The highest BCUT2D eigenvalue weighted by Gasteiger charge is 2.30. The van der Waals surface area contributed by atoms with E-state index in [0.29, 0.717) is 31.0 Å². The molecule has 3 heterocycles. The Kier molecular flexibility index (Phi) is 3.78. The van der Waals surface area contributed by atoms with Gasteiger partial charge in [0, 0.05) is 32.1 Å². The van der Waals surface area contributed by atoms with E-state index in [-0.39, 0.29) is 17.4 Å². The number of hydrogen-bond acceptors (Lipinski definition) is 7. The summed E-state index contributed by atoms with van der Waals surface area (Å²) in [5.41, 5.74) is 0. The quantitative estimate of drug-likeness (QED) is 0.586. The fraction of sp³-hybridized carbons (Fsp3) is 0.545. The van der Waals surface area contributed by atoms with Crippen molar-refractivity contribution in [3.63, 3.8) is 0 Å². The Hall–Kier alpha value is -1.72. The average Bonchev–Trinajstić information content (AvgIpc) is 3.08. The van der Waals surface area contributed by atoms with E-state index in [0.717, 1.165) is 0 Å². The number of fused-ring (bicyclic) bond motifs is 1. The first-order valence-electron chi connectivity index (χ1n) is 6.69. The zero-order valence-electron chi connectivity index (χ0n) is 11.9. The first-order valence-corrected chi connectivity index (χ1v) is 9.18. The zero-order valence-corrected chi connectivity index (χ0v) is 13.5. The summed E-state index contributed by atoms with van der Waals surface area (Å²) in [5.74, 6) is 0.341. The number of nitrogens with zero attached hydrogens (tertiary/aromatic N) is 5. The second-order valence-electron chi connectivity index (χ2n) is 5.06. The number of hydrogen-bond donors (Lipinski definition) is 0. The Labute approximate surface area is 131 Å². The minimum Gasteiger partial charge on any atom is -0.358 e. The highest BCUT2D eigenvalue weighted by atomic mass is 32.2. The molecule has 3 rings (SSSR count). The van der Waals surface area contributed by atoms with Crippen LogP contribution >= 0.6 is 11.3 Å². The van der Waals surface area contributed by atoms with E-state index in [2.05, 4.69) is 4.98 Å². The van der Waals surface area contributed by atoms with Gasteiger partial charge in [-0.1, -0.05) is 11.3 Å². The predicted molar refractivity (Wildman–Crippen MR) is 83.0 cm³/mol. The summed E-state index contributed by atoms with van der Waals surface area (Å²) in [6, 6.07) is 0. The van der Waals surface area contributed by atoms with Gasteiger partial charge in [0.2, 0.25) is 15.8 Å². The summed E-state index contributed by atoms with van der Waals surface area (Å²) in [4.78, 5) is 17.3. The molecule has 1 aliphatic heterocycles. The molecule has 1 fully saturated rings. The van der Waals surface area contributed by atoms with Crippen molar-refractivity contribution in [3.8, 4) is 0 Å². The number of likely N-dealkylation sites (N-methyl/N-ethyl adjacent to an activating group) is 1. The second-order valence-corrected chi connectivity index (χ2v) is 8.02. The van der Waals surface area contributed by atoms with Crippen LogP contribution in [0.5, 0.6) is 0 Å². The first kappa shape index (κ1) is 15.2. The molecule has 0 aromatic carbocycles. The Morgan fingerprint density at radius 3 is 2.95 bits per heavy atom. The fourth-order valence-electron chi connectivity index (χ4n) is 2.50. The summed E-state index contributed by atoms with van der Waals surface area (Å²) in [7, 11) is -1.47. The van der Waals surface area contributed by atoms with E-state index in [4.69, 9.17) is 0 Å². The van der Waals surface area contributed by atoms with Crippen molar-refractivity contribution < 1.29 is 13.3 Å². The van der Waals surface area contributed by atoms with Crippen molar-refractivity contribution in [2.75, 3.05) is 37.3 Å². The van der Waals surface area contributed by atoms with Crippen LogP contribution in [-0.2, 0) is 10.0 Å². The van der Waals surface area contributed by atoms with Crippen molar-refractivity contribution in [3.05, 3.63) is 21.7 Å². The molecule has 0 saturated carbocycles. The van der Waals surface area contributed by atoms with Crippen LogP contribution in [-0.4, -0.2) is 59.5 Å². The fourth-order valence-corrected chi connectivity index (χ4v) is 4.72. The van der Waals surface area contributed by atoms with E-state index >= 15 is 0 Å². The lowest BCUT2D eigenvalue weighted by atomic mass is 10.4. The topological polar surface area (TPSA) is 101 Å². The lowest BCUT2D eigenvalue weighted by Gasteiger charge is -2.20. The van der Waals surface area contributed by atoms with Crippen LogP contribution in [0.25, 0.3) is 4.96 Å². The molecule has 0 N–H and O–H groups in total. The number of sulfonamides is 1. The maximum Gasteiger partial charge on any atom is 0.373 e. The van der Waals surface area contributed by atoms with Gasteiger partial charge >= 0.3 is 5.82 Å². The van der Waals surface area contributed by atoms with Gasteiger partial charge in [-0.15, -0.1) is 0 Å². The molecule has 1 saturated heterocycles. The largest absolute Gasteiger partial charge is 0.373 e. The number of anilines is 1. The van der Waals surface area contributed by atoms with E-state index in [1.165, 1.54) is 20.0 Å². The molecule has 22 heavy (non-hydrogen) atoms. The third-order valence-corrected chi connectivity index (χ3v) is 6.35. The second kappa shape index (κ2) is 5.48. The highest BCUT2D eigenvalue weighted by molar-refractivity contribution is 7.89. The highest BCUT2D eigenvalue weighted by Crippen LogP contribution is 2.30. The van der Waals surface area contributed by atoms with Crippen molar-refractivity contribution in [1.82, 2.24) is 13.7 Å². The van der Waals surface area contributed by atoms with Gasteiger partial charge in [-0.3, -0.25) is 0 Å². The molecule has 0 aliphatic carbocycles. The van der Waals surface area contributed by atoms with E-state index in [1.54, 1.807) is 23.5 Å². The average molecular weight is 345 g/mol. The molecule has 2 aromatic rings. The van der Waals surface area contributed by atoms with Crippen LogP contribution in [0.4, 0.5) is 11.6 Å². The molecule has 0 radical (unpaired) electrons. The van der Waals surface area contributed by atoms with Crippen LogP contribution in [0, 0.1) is 10.1 Å². The van der Waals surface area contributed by atoms with Crippen molar-refractivity contribution in [1.29, 1.82) is 0 Å². The van der Waals surface area contributed by atoms with Crippen LogP contribution in [0.1, 0.15) is 6.42 Å². The van der Waals surface area contributed by atoms with Gasteiger partial charge in [0.25, 0.3) is 4.96 Å². The summed E-state index contributed by atoms with van der Waals surface area (Å²) < 4.78 is 26.4. The van der Waals surface area contributed by atoms with Gasteiger partial charge in [-0.2, -0.15) is 9.38 Å². The molecule has 0 spiro atoms. The molecular weight excluding hydrogens is 330 g/mol. The maximum atomic E-state index is 11.8. The first-order chi connectivity index (χ1) is 10.4. The number of rotatable bonds is 5. The van der Waals surface area contributed by atoms with Crippen molar-refractivity contribution >= 4 is 38.0 Å². The van der Waals surface area contributed by atoms with Gasteiger partial charge in [-0.05, 0) is 11.3 Å². The van der Waals surface area contributed by atoms with Crippen LogP contribution in [0.2, 0.25) is 0 Å². The minimum absolute atomic E-state index is 0.0944. The Morgan fingerprint density at radius 2 is 2.32 bits per heavy atom. The molecule has 0 amide bonds. The molecule has 0 bridgehead atoms. The Balaban J connectivity index is 1.80. The molecule has 11 heteroatoms. The number of imidazole rings is 1. The molecular formula is C11H15N5O4S2. The number of aromatic nitrogens is 2. The number of thiazole rings is 1. The monoisotopic (exact) mass is 345 g/mol. The summed E-state index contributed by atoms with van der Waals surface area (Å²) in [6.45, 7) is 1.17. The van der Waals surface area contributed by atoms with Gasteiger partial charge < -0.3 is 15.0 Å². The van der Waals surface area contributed by atoms with Gasteiger partial charge in [0.05, 0.1) is 5.75 Å². The van der Waals surface area contributed by atoms with Gasteiger partial charge in [-0.25, -0.2) is 12.7 Å². The minimum atomic E-state index is -3.16. The molecule has 1 aliphatic rings. The smallest absolute Gasteiger partial charge is 0.358 e. The van der Waals surface area contributed by atoms with E-state index in [1.807, 2.05) is 0 Å². The normalized spacial score (nSPS) is 18.0. The molecule has 0 atom stereocenters. The van der Waals surface area contributed by atoms with E-state index < -0.39 is 14.9 Å². The summed E-state index contributed by atoms with van der Waals surface area (Å²) >= 11 is 1.31. The molecule has 9 nitrogen and oxygen atoms in total. The van der Waals surface area contributed by atoms with Gasteiger partial charge in [0.15, 0.2) is 0 Å². The van der Waals surface area contributed by atoms with Crippen molar-refractivity contribution in [2.45, 2.75) is 6.42 Å². The third kappa shape index (κ3) is 2.55. The molecule has 120 valence electrons. The maximum absolute atomic E-state index is 11.8. The van der Waals surface area contributed by atoms with E-state index in [9.17, 15) is 18.5 Å². The third-order valence-electron chi connectivity index (χ3n) is 3.64. The standard InChI is InChI=1S/C11H15N5O4S2/c1-13(4-5-14-3-2-8-22(14,19)20)9-10(16(17)18)15-6-7-21-11(15)12-9/h6-7H,2-5,8H2,1H3. The summed E-state index contributed by atoms with van der Waals surface area (Å²) in [6.07, 6.45) is 2.24.